The van der Waals surface area contributed by atoms with E-state index in [-0.39, 0.29) is 19.1 Å². The molecule has 0 spiro atoms. The van der Waals surface area contributed by atoms with Gasteiger partial charge in [-0.1, -0.05) is 0 Å². The monoisotopic (exact) mass is 308 g/mol. The molecule has 0 aromatic heterocycles. The molecule has 0 radical (unpaired) electrons. The average molecular weight is 308 g/mol. The van der Waals surface area contributed by atoms with Crippen molar-refractivity contribution in [2.24, 2.45) is 0 Å². The highest BCUT2D eigenvalue weighted by atomic mass is 16.5. The second-order valence-corrected chi connectivity index (χ2v) is 5.35. The van der Waals surface area contributed by atoms with E-state index < -0.39 is 0 Å². The molecule has 1 saturated heterocycles. The number of benzene rings is 1. The van der Waals surface area contributed by atoms with Crippen LogP contribution in [0.4, 0.5) is 11.4 Å². The second-order valence-electron chi connectivity index (χ2n) is 5.35. The average Bonchev–Trinajstić information content (AvgIpc) is 2.53. The van der Waals surface area contributed by atoms with Crippen LogP contribution in [0, 0.1) is 0 Å². The van der Waals surface area contributed by atoms with E-state index in [9.17, 15) is 4.79 Å². The summed E-state index contributed by atoms with van der Waals surface area (Å²) in [6, 6.07) is 3.43. The van der Waals surface area contributed by atoms with E-state index in [2.05, 4.69) is 22.2 Å². The van der Waals surface area contributed by atoms with Crippen molar-refractivity contribution in [3.05, 3.63) is 17.7 Å². The number of aliphatic hydroxyl groups is 1. The molecule has 1 aliphatic heterocycles. The minimum absolute atomic E-state index is 0.102. The number of likely N-dealkylation sites (N-methyl/N-ethyl adjacent to an activating group) is 1. The molecule has 0 atom stereocenters. The van der Waals surface area contributed by atoms with E-state index in [0.29, 0.717) is 17.0 Å². The number of rotatable bonds is 5. The van der Waals surface area contributed by atoms with Gasteiger partial charge in [0, 0.05) is 33.2 Å². The molecule has 0 bridgehead atoms. The van der Waals surface area contributed by atoms with Gasteiger partial charge >= 0.3 is 0 Å². The molecular weight excluding hydrogens is 284 g/mol. The van der Waals surface area contributed by atoms with Crippen molar-refractivity contribution < 1.29 is 14.6 Å². The molecule has 1 fully saturated rings. The highest BCUT2D eigenvalue weighted by Crippen LogP contribution is 2.32. The van der Waals surface area contributed by atoms with Crippen LogP contribution in [0.2, 0.25) is 0 Å². The number of nitrogen functional groups attached to an aromatic ring is 1. The van der Waals surface area contributed by atoms with Crippen molar-refractivity contribution in [1.82, 2.24) is 10.2 Å². The van der Waals surface area contributed by atoms with Crippen LogP contribution in [-0.4, -0.2) is 69.4 Å². The largest absolute Gasteiger partial charge is 0.489 e. The van der Waals surface area contributed by atoms with Gasteiger partial charge in [-0.3, -0.25) is 4.79 Å². The Kier molecular flexibility index (Phi) is 5.46. The molecule has 7 heteroatoms. The third kappa shape index (κ3) is 3.61. The van der Waals surface area contributed by atoms with Crippen LogP contribution >= 0.6 is 0 Å². The van der Waals surface area contributed by atoms with Gasteiger partial charge in [0.25, 0.3) is 5.91 Å². The lowest BCUT2D eigenvalue weighted by molar-refractivity contribution is 0.0963. The van der Waals surface area contributed by atoms with Crippen LogP contribution in [0.3, 0.4) is 0 Å². The van der Waals surface area contributed by atoms with Crippen LogP contribution in [-0.2, 0) is 0 Å². The summed E-state index contributed by atoms with van der Waals surface area (Å²) < 4.78 is 5.40. The number of carbonyl (C=O) groups is 1. The Morgan fingerprint density at radius 2 is 2.05 bits per heavy atom. The lowest BCUT2D eigenvalue weighted by Crippen LogP contribution is -2.45. The van der Waals surface area contributed by atoms with Crippen molar-refractivity contribution in [3.8, 4) is 5.75 Å². The van der Waals surface area contributed by atoms with Gasteiger partial charge in [-0.15, -0.1) is 0 Å². The number of carbonyl (C=O) groups excluding carboxylic acids is 1. The molecule has 0 aliphatic carbocycles. The van der Waals surface area contributed by atoms with Crippen LogP contribution in [0.5, 0.6) is 5.75 Å². The van der Waals surface area contributed by atoms with Crippen LogP contribution in [0.15, 0.2) is 12.1 Å². The van der Waals surface area contributed by atoms with Gasteiger partial charge in [0.1, 0.15) is 12.4 Å². The molecule has 122 valence electrons. The number of aliphatic hydroxyl groups excluding tert-OH is 1. The number of nitrogens with one attached hydrogen (secondary N) is 1. The number of piperazine rings is 1. The maximum absolute atomic E-state index is 12.2. The Bertz CT molecular complexity index is 528. The summed E-state index contributed by atoms with van der Waals surface area (Å²) in [4.78, 5) is 16.6. The van der Waals surface area contributed by atoms with E-state index in [0.717, 1.165) is 31.9 Å². The summed E-state index contributed by atoms with van der Waals surface area (Å²) in [6.07, 6.45) is 0. The predicted molar refractivity (Wildman–Crippen MR) is 86.5 cm³/mol. The Morgan fingerprint density at radius 3 is 2.64 bits per heavy atom. The van der Waals surface area contributed by atoms with E-state index in [1.807, 2.05) is 0 Å². The fourth-order valence-corrected chi connectivity index (χ4v) is 2.49. The number of nitrogens with two attached hydrogens (primary N) is 1. The zero-order valence-corrected chi connectivity index (χ0v) is 13.1. The lowest BCUT2D eigenvalue weighted by Gasteiger charge is -2.35. The standard InChI is InChI=1S/C15H24N4O3/c1-17-15(21)11-9-14(22-8-7-20)12(16)10-13(11)19-5-3-18(2)4-6-19/h9-10,20H,3-8,16H2,1-2H3,(H,17,21). The summed E-state index contributed by atoms with van der Waals surface area (Å²) in [6.45, 7) is 3.61. The second kappa shape index (κ2) is 7.33. The quantitative estimate of drug-likeness (QED) is 0.650. The molecule has 4 N–H and O–H groups in total. The maximum Gasteiger partial charge on any atom is 0.253 e. The van der Waals surface area contributed by atoms with Crippen LogP contribution in [0.1, 0.15) is 10.4 Å². The highest BCUT2D eigenvalue weighted by Gasteiger charge is 2.22. The number of nitrogens with zero attached hydrogens (tertiary/aromatic N) is 2. The molecule has 1 aromatic rings. The summed E-state index contributed by atoms with van der Waals surface area (Å²) in [5, 5.41) is 11.5. The number of amides is 1. The van der Waals surface area contributed by atoms with Gasteiger partial charge < -0.3 is 30.7 Å². The number of anilines is 2. The SMILES string of the molecule is CNC(=O)c1cc(OCCO)c(N)cc1N1CCN(C)CC1. The highest BCUT2D eigenvalue weighted by molar-refractivity contribution is 6.01. The normalized spacial score (nSPS) is 15.7. The fraction of sp³-hybridized carbons (Fsp3) is 0.533. The van der Waals surface area contributed by atoms with Crippen LogP contribution < -0.4 is 20.7 Å². The molecule has 0 unspecified atom stereocenters. The predicted octanol–water partition coefficient (Wildman–Crippen LogP) is -0.249. The van der Waals surface area contributed by atoms with Crippen molar-refractivity contribution in [1.29, 1.82) is 0 Å². The van der Waals surface area contributed by atoms with Crippen molar-refractivity contribution >= 4 is 17.3 Å². The fourth-order valence-electron chi connectivity index (χ4n) is 2.49. The Labute approximate surface area is 130 Å². The first-order chi connectivity index (χ1) is 10.6. The summed E-state index contributed by atoms with van der Waals surface area (Å²) >= 11 is 0. The Morgan fingerprint density at radius 1 is 1.36 bits per heavy atom. The first kappa shape index (κ1) is 16.4. The van der Waals surface area contributed by atoms with Crippen molar-refractivity contribution in [2.75, 3.05) is 64.1 Å². The van der Waals surface area contributed by atoms with E-state index in [1.54, 1.807) is 19.2 Å². The minimum atomic E-state index is -0.178. The van der Waals surface area contributed by atoms with E-state index in [1.165, 1.54) is 0 Å². The molecule has 22 heavy (non-hydrogen) atoms. The zero-order valence-electron chi connectivity index (χ0n) is 13.1. The smallest absolute Gasteiger partial charge is 0.253 e. The van der Waals surface area contributed by atoms with Gasteiger partial charge in [0.2, 0.25) is 0 Å². The summed E-state index contributed by atoms with van der Waals surface area (Å²) in [5.74, 6) is 0.244. The van der Waals surface area contributed by atoms with Crippen molar-refractivity contribution in [2.45, 2.75) is 0 Å². The Balaban J connectivity index is 2.34. The van der Waals surface area contributed by atoms with Gasteiger partial charge in [0.05, 0.1) is 23.5 Å². The maximum atomic E-state index is 12.2. The zero-order chi connectivity index (χ0) is 16.1. The van der Waals surface area contributed by atoms with Crippen molar-refractivity contribution in [3.63, 3.8) is 0 Å². The molecule has 7 nitrogen and oxygen atoms in total. The lowest BCUT2D eigenvalue weighted by atomic mass is 10.1. The Hall–Kier alpha value is -1.99. The molecule has 2 rings (SSSR count). The molecule has 1 amide bonds. The van der Waals surface area contributed by atoms with Gasteiger partial charge in [-0.05, 0) is 19.2 Å². The van der Waals surface area contributed by atoms with Crippen LogP contribution in [0.25, 0.3) is 0 Å². The third-order valence-corrected chi connectivity index (χ3v) is 3.79. The van der Waals surface area contributed by atoms with E-state index in [4.69, 9.17) is 15.6 Å². The molecule has 1 aromatic carbocycles. The van der Waals surface area contributed by atoms with Gasteiger partial charge in [-0.2, -0.15) is 0 Å². The first-order valence-electron chi connectivity index (χ1n) is 7.39. The van der Waals surface area contributed by atoms with E-state index >= 15 is 0 Å². The van der Waals surface area contributed by atoms with Gasteiger partial charge in [-0.25, -0.2) is 0 Å². The molecular formula is C15H24N4O3. The molecule has 1 aliphatic rings. The molecule has 1 heterocycles. The topological polar surface area (TPSA) is 91.1 Å². The minimum Gasteiger partial charge on any atom is -0.489 e. The van der Waals surface area contributed by atoms with Gasteiger partial charge in [0.15, 0.2) is 0 Å². The summed E-state index contributed by atoms with van der Waals surface area (Å²) in [5.41, 5.74) is 7.86. The number of hydrogen-bond donors (Lipinski definition) is 3. The summed E-state index contributed by atoms with van der Waals surface area (Å²) in [7, 11) is 3.68. The third-order valence-electron chi connectivity index (χ3n) is 3.79. The molecule has 0 saturated carbocycles. The number of hydrogen-bond acceptors (Lipinski definition) is 6. The number of ether oxygens (including phenoxy) is 1. The first-order valence-corrected chi connectivity index (χ1v) is 7.39.